The second-order valence-corrected chi connectivity index (χ2v) is 9.42. The van der Waals surface area contributed by atoms with Crippen LogP contribution < -0.4 is 20.7 Å². The van der Waals surface area contributed by atoms with E-state index in [0.29, 0.717) is 36.6 Å². The van der Waals surface area contributed by atoms with Crippen LogP contribution in [0.3, 0.4) is 0 Å². The van der Waals surface area contributed by atoms with Crippen molar-refractivity contribution in [3.05, 3.63) is 40.7 Å². The summed E-state index contributed by atoms with van der Waals surface area (Å²) in [5.41, 5.74) is 5.74. The Balaban J connectivity index is 1.46. The van der Waals surface area contributed by atoms with Crippen LogP contribution in [0.1, 0.15) is 60.8 Å². The third-order valence-electron chi connectivity index (χ3n) is 7.02. The lowest BCUT2D eigenvalue weighted by atomic mass is 10.0. The quantitative estimate of drug-likeness (QED) is 0.428. The topological polar surface area (TPSA) is 119 Å². The Labute approximate surface area is 216 Å². The molecule has 0 aliphatic carbocycles. The number of rotatable bonds is 8. The Kier molecular flexibility index (Phi) is 7.27. The average molecular weight is 507 g/mol. The van der Waals surface area contributed by atoms with Crippen molar-refractivity contribution in [2.24, 2.45) is 0 Å². The first-order valence-electron chi connectivity index (χ1n) is 13.1. The van der Waals surface area contributed by atoms with Crippen LogP contribution in [-0.4, -0.2) is 52.4 Å². The third kappa shape index (κ3) is 4.98. The molecule has 4 heterocycles. The maximum absolute atomic E-state index is 13.4. The van der Waals surface area contributed by atoms with E-state index in [0.717, 1.165) is 72.6 Å². The summed E-state index contributed by atoms with van der Waals surface area (Å²) in [5.74, 6) is 0.158. The molecule has 2 aliphatic rings. The molecule has 3 N–H and O–H groups in total. The Morgan fingerprint density at radius 3 is 2.70 bits per heavy atom. The Morgan fingerprint density at radius 2 is 1.97 bits per heavy atom. The summed E-state index contributed by atoms with van der Waals surface area (Å²) in [6.45, 7) is 8.58. The van der Waals surface area contributed by atoms with Gasteiger partial charge >= 0.3 is 0 Å². The molecule has 0 saturated carbocycles. The molecule has 5 rings (SSSR count). The lowest BCUT2D eigenvalue weighted by Gasteiger charge is -2.26. The number of benzene rings is 1. The van der Waals surface area contributed by atoms with Crippen LogP contribution in [0.4, 0.5) is 11.4 Å². The van der Waals surface area contributed by atoms with Gasteiger partial charge in [0, 0.05) is 68.2 Å². The number of anilines is 2. The van der Waals surface area contributed by atoms with Crippen molar-refractivity contribution < 1.29 is 19.1 Å². The highest BCUT2D eigenvalue weighted by molar-refractivity contribution is 6.00. The molecule has 0 spiro atoms. The van der Waals surface area contributed by atoms with E-state index in [2.05, 4.69) is 34.9 Å². The summed E-state index contributed by atoms with van der Waals surface area (Å²) in [6.07, 6.45) is 5.07. The summed E-state index contributed by atoms with van der Waals surface area (Å²) < 4.78 is 13.3. The highest BCUT2D eigenvalue weighted by Gasteiger charge is 2.26. The maximum atomic E-state index is 13.4. The molecule has 2 amide bonds. The molecule has 0 unspecified atom stereocenters. The molecule has 10 nitrogen and oxygen atoms in total. The van der Waals surface area contributed by atoms with Gasteiger partial charge in [0.1, 0.15) is 5.75 Å². The van der Waals surface area contributed by atoms with Gasteiger partial charge < -0.3 is 25.4 Å². The van der Waals surface area contributed by atoms with E-state index in [1.807, 2.05) is 10.9 Å². The number of carbonyl (C=O) groups is 2. The molecule has 10 heteroatoms. The number of amides is 2. The minimum atomic E-state index is -0.226. The van der Waals surface area contributed by atoms with Crippen molar-refractivity contribution in [3.8, 4) is 5.75 Å². The molecule has 1 fully saturated rings. The van der Waals surface area contributed by atoms with Crippen LogP contribution in [0.15, 0.2) is 18.3 Å². The molecule has 1 aromatic carbocycles. The molecule has 0 radical (unpaired) electrons. The Morgan fingerprint density at radius 1 is 1.16 bits per heavy atom. The van der Waals surface area contributed by atoms with Gasteiger partial charge in [0.25, 0.3) is 5.91 Å². The van der Waals surface area contributed by atoms with E-state index in [4.69, 9.17) is 14.5 Å². The largest absolute Gasteiger partial charge is 0.492 e. The van der Waals surface area contributed by atoms with Gasteiger partial charge in [0.05, 0.1) is 29.4 Å². The molecule has 196 valence electrons. The Bertz CT molecular complexity index is 1330. The second kappa shape index (κ2) is 10.8. The summed E-state index contributed by atoms with van der Waals surface area (Å²) in [7, 11) is 0. The van der Waals surface area contributed by atoms with E-state index in [-0.39, 0.29) is 17.9 Å². The van der Waals surface area contributed by atoms with Crippen molar-refractivity contribution in [3.63, 3.8) is 0 Å². The number of nitrogens with one attached hydrogen (secondary N) is 3. The number of carbonyl (C=O) groups excluding carboxylic acids is 2. The lowest BCUT2D eigenvalue weighted by molar-refractivity contribution is -0.114. The van der Waals surface area contributed by atoms with Crippen LogP contribution in [0.2, 0.25) is 0 Å². The smallest absolute Gasteiger partial charge is 0.255 e. The fraction of sp³-hybridized carbons (Fsp3) is 0.481. The van der Waals surface area contributed by atoms with E-state index >= 15 is 0 Å². The normalized spacial score (nSPS) is 15.3. The number of nitrogens with zero attached hydrogens (tertiary/aromatic N) is 3. The summed E-state index contributed by atoms with van der Waals surface area (Å²) in [6, 6.07) is 3.76. The van der Waals surface area contributed by atoms with E-state index < -0.39 is 0 Å². The minimum absolute atomic E-state index is 0.155. The first-order valence-corrected chi connectivity index (χ1v) is 13.1. The first kappa shape index (κ1) is 25.0. The molecule has 3 aromatic rings. The van der Waals surface area contributed by atoms with Crippen molar-refractivity contribution in [2.45, 2.75) is 65.6 Å². The third-order valence-corrected chi connectivity index (χ3v) is 7.02. The predicted molar refractivity (Wildman–Crippen MR) is 141 cm³/mol. The summed E-state index contributed by atoms with van der Waals surface area (Å²) in [5, 5.41) is 15.2. The Hall–Kier alpha value is -3.66. The summed E-state index contributed by atoms with van der Waals surface area (Å²) in [4.78, 5) is 29.9. The van der Waals surface area contributed by atoms with Crippen LogP contribution >= 0.6 is 0 Å². The molecule has 1 saturated heterocycles. The summed E-state index contributed by atoms with van der Waals surface area (Å²) >= 11 is 0. The standard InChI is InChI=1S/C27H34N6O4/c1-4-22-20(14-28-27(35)19-6-7-23(30-16(3)34)18-10-13-37-25(18)19)24(31-17-8-11-36-12-9-17)21-15-29-33(5-2)26(21)32-22/h6-7,15,17H,4-5,8-14H2,1-3H3,(H,28,35)(H,30,34)(H,31,32). The monoisotopic (exact) mass is 506 g/mol. The number of aryl methyl sites for hydroxylation is 2. The molecule has 37 heavy (non-hydrogen) atoms. The first-order chi connectivity index (χ1) is 18.0. The highest BCUT2D eigenvalue weighted by atomic mass is 16.5. The van der Waals surface area contributed by atoms with Crippen molar-refractivity contribution in [2.75, 3.05) is 30.5 Å². The number of hydrogen-bond donors (Lipinski definition) is 3. The zero-order chi connectivity index (χ0) is 25.9. The molecule has 2 aliphatic heterocycles. The number of pyridine rings is 1. The highest BCUT2D eigenvalue weighted by Crippen LogP contribution is 2.36. The number of ether oxygens (including phenoxy) is 2. The van der Waals surface area contributed by atoms with Crippen LogP contribution in [0.25, 0.3) is 11.0 Å². The van der Waals surface area contributed by atoms with Gasteiger partial charge in [0.15, 0.2) is 5.65 Å². The zero-order valence-corrected chi connectivity index (χ0v) is 21.6. The van der Waals surface area contributed by atoms with E-state index in [9.17, 15) is 9.59 Å². The van der Waals surface area contributed by atoms with Crippen molar-refractivity contribution in [1.82, 2.24) is 20.1 Å². The lowest BCUT2D eigenvalue weighted by Crippen LogP contribution is -2.30. The SMILES string of the molecule is CCc1nc2c(cnn2CC)c(NC2CCOCC2)c1CNC(=O)c1ccc(NC(C)=O)c2c1OCC2. The minimum Gasteiger partial charge on any atom is -0.492 e. The van der Waals surface area contributed by atoms with Gasteiger partial charge in [-0.2, -0.15) is 5.10 Å². The molecular formula is C27H34N6O4. The van der Waals surface area contributed by atoms with Gasteiger partial charge in [-0.3, -0.25) is 9.59 Å². The van der Waals surface area contributed by atoms with Gasteiger partial charge in [-0.15, -0.1) is 0 Å². The molecule has 0 bridgehead atoms. The number of hydrogen-bond acceptors (Lipinski definition) is 7. The van der Waals surface area contributed by atoms with Crippen molar-refractivity contribution >= 4 is 34.2 Å². The molecule has 2 aromatic heterocycles. The zero-order valence-electron chi connectivity index (χ0n) is 21.6. The van der Waals surface area contributed by atoms with Crippen molar-refractivity contribution in [1.29, 1.82) is 0 Å². The van der Waals surface area contributed by atoms with Crippen LogP contribution in [0.5, 0.6) is 5.75 Å². The second-order valence-electron chi connectivity index (χ2n) is 9.42. The van der Waals surface area contributed by atoms with Gasteiger partial charge in [-0.1, -0.05) is 6.92 Å². The molecular weight excluding hydrogens is 472 g/mol. The predicted octanol–water partition coefficient (Wildman–Crippen LogP) is 3.43. The number of aromatic nitrogens is 3. The van der Waals surface area contributed by atoms with Gasteiger partial charge in [0.2, 0.25) is 5.91 Å². The van der Waals surface area contributed by atoms with Crippen LogP contribution in [-0.2, 0) is 35.5 Å². The fourth-order valence-electron chi connectivity index (χ4n) is 5.15. The molecule has 0 atom stereocenters. The van der Waals surface area contributed by atoms with Crippen LogP contribution in [0, 0.1) is 0 Å². The average Bonchev–Trinajstić information content (AvgIpc) is 3.55. The van der Waals surface area contributed by atoms with E-state index in [1.165, 1.54) is 6.92 Å². The number of fused-ring (bicyclic) bond motifs is 2. The fourth-order valence-corrected chi connectivity index (χ4v) is 5.15. The van der Waals surface area contributed by atoms with Gasteiger partial charge in [-0.05, 0) is 38.3 Å². The maximum Gasteiger partial charge on any atom is 0.255 e. The van der Waals surface area contributed by atoms with Gasteiger partial charge in [-0.25, -0.2) is 9.67 Å². The van der Waals surface area contributed by atoms with E-state index in [1.54, 1.807) is 12.1 Å².